The van der Waals surface area contributed by atoms with Crippen LogP contribution in [0.4, 0.5) is 0 Å². The Kier molecular flexibility index (Phi) is 7.22. The summed E-state index contributed by atoms with van der Waals surface area (Å²) in [5, 5.41) is 8.43. The number of hydrogen-bond donors (Lipinski definition) is 0. The van der Waals surface area contributed by atoms with Crippen molar-refractivity contribution >= 4 is 43.2 Å². The zero-order valence-corrected chi connectivity index (χ0v) is 28.5. The van der Waals surface area contributed by atoms with Gasteiger partial charge in [0.05, 0.1) is 11.2 Å². The lowest BCUT2D eigenvalue weighted by atomic mass is 9.81. The van der Waals surface area contributed by atoms with E-state index in [2.05, 4.69) is 200 Å². The van der Waals surface area contributed by atoms with Crippen LogP contribution in [0.1, 0.15) is 0 Å². The molecule has 0 saturated heterocycles. The van der Waals surface area contributed by atoms with Crippen molar-refractivity contribution in [1.82, 2.24) is 4.98 Å². The van der Waals surface area contributed by atoms with Gasteiger partial charge in [-0.3, -0.25) is 0 Å². The van der Waals surface area contributed by atoms with Gasteiger partial charge in [-0.25, -0.2) is 4.98 Å². The minimum Gasteiger partial charge on any atom is -0.247 e. The third-order valence-corrected chi connectivity index (χ3v) is 10.5. The summed E-state index contributed by atoms with van der Waals surface area (Å²) in [5.74, 6) is 0. The monoisotopic (exact) mass is 659 g/mol. The van der Waals surface area contributed by atoms with Crippen LogP contribution in [0, 0.1) is 0 Å². The Hall–Kier alpha value is -6.83. The summed E-state index contributed by atoms with van der Waals surface area (Å²) in [6.45, 7) is 0. The van der Waals surface area contributed by atoms with E-state index in [-0.39, 0.29) is 0 Å². The van der Waals surface area contributed by atoms with E-state index >= 15 is 0 Å². The van der Waals surface area contributed by atoms with E-state index in [9.17, 15) is 0 Å². The number of aromatic nitrogens is 1. The van der Waals surface area contributed by atoms with Gasteiger partial charge in [0.25, 0.3) is 0 Å². The van der Waals surface area contributed by atoms with Crippen molar-refractivity contribution in [3.63, 3.8) is 0 Å². The van der Waals surface area contributed by atoms with Crippen molar-refractivity contribution in [3.05, 3.63) is 200 Å². The largest absolute Gasteiger partial charge is 0.247 e. The predicted octanol–water partition coefficient (Wildman–Crippen LogP) is 14.0. The van der Waals surface area contributed by atoms with Crippen LogP contribution < -0.4 is 0 Å². The molecule has 0 N–H and O–H groups in total. The Balaban J connectivity index is 1.36. The summed E-state index contributed by atoms with van der Waals surface area (Å²) >= 11 is 0. The van der Waals surface area contributed by atoms with Gasteiger partial charge in [-0.1, -0.05) is 188 Å². The molecule has 0 fully saturated rings. The molecular formula is C51H33N. The van der Waals surface area contributed by atoms with E-state index in [1.54, 1.807) is 0 Å². The van der Waals surface area contributed by atoms with E-state index in [1.807, 2.05) is 0 Å². The quantitative estimate of drug-likeness (QED) is 0.132. The van der Waals surface area contributed by atoms with Gasteiger partial charge in [0.2, 0.25) is 0 Å². The van der Waals surface area contributed by atoms with Gasteiger partial charge in [-0.15, -0.1) is 0 Å². The summed E-state index contributed by atoms with van der Waals surface area (Å²) in [7, 11) is 0. The summed E-state index contributed by atoms with van der Waals surface area (Å²) in [5.41, 5.74) is 12.9. The van der Waals surface area contributed by atoms with Crippen molar-refractivity contribution in [3.8, 4) is 55.8 Å². The third-order valence-electron chi connectivity index (χ3n) is 10.5. The highest BCUT2D eigenvalue weighted by atomic mass is 14.7. The second-order valence-corrected chi connectivity index (χ2v) is 13.4. The molecule has 1 heteroatoms. The molecule has 0 aliphatic carbocycles. The molecule has 1 aromatic heterocycles. The molecule has 0 aliphatic rings. The van der Waals surface area contributed by atoms with E-state index in [1.165, 1.54) is 76.8 Å². The second-order valence-electron chi connectivity index (χ2n) is 13.4. The number of nitrogens with zero attached hydrogens (tertiary/aromatic N) is 1. The van der Waals surface area contributed by atoms with E-state index < -0.39 is 0 Å². The predicted molar refractivity (Wildman–Crippen MR) is 221 cm³/mol. The van der Waals surface area contributed by atoms with Crippen molar-refractivity contribution in [1.29, 1.82) is 0 Å². The average Bonchev–Trinajstić information content (AvgIpc) is 3.23. The van der Waals surface area contributed by atoms with Gasteiger partial charge in [-0.05, 0) is 83.6 Å². The number of hydrogen-bond acceptors (Lipinski definition) is 1. The fourth-order valence-corrected chi connectivity index (χ4v) is 8.17. The molecule has 1 nitrogen and oxygen atoms in total. The molecule has 1 heterocycles. The van der Waals surface area contributed by atoms with E-state index in [4.69, 9.17) is 4.98 Å². The van der Waals surface area contributed by atoms with Crippen LogP contribution in [-0.4, -0.2) is 4.98 Å². The highest BCUT2D eigenvalue weighted by Gasteiger charge is 2.22. The molecule has 0 aliphatic heterocycles. The third kappa shape index (κ3) is 4.90. The minimum absolute atomic E-state index is 0.998. The zero-order chi connectivity index (χ0) is 34.4. The summed E-state index contributed by atoms with van der Waals surface area (Å²) in [6, 6.07) is 72.4. The average molecular weight is 660 g/mol. The molecular weight excluding hydrogens is 627 g/mol. The van der Waals surface area contributed by atoms with Gasteiger partial charge in [0.1, 0.15) is 0 Å². The van der Waals surface area contributed by atoms with E-state index in [0.717, 1.165) is 22.2 Å². The smallest absolute Gasteiger partial charge is 0.0788 e. The molecule has 242 valence electrons. The number of pyridine rings is 1. The molecule has 0 unspecified atom stereocenters. The second kappa shape index (κ2) is 12.5. The molecule has 52 heavy (non-hydrogen) atoms. The summed E-state index contributed by atoms with van der Waals surface area (Å²) in [6.07, 6.45) is 0. The van der Waals surface area contributed by atoms with Crippen LogP contribution in [0.5, 0.6) is 0 Å². The highest BCUT2D eigenvalue weighted by molar-refractivity contribution is 6.24. The molecule has 0 radical (unpaired) electrons. The normalized spacial score (nSPS) is 11.5. The molecule has 0 spiro atoms. The summed E-state index contributed by atoms with van der Waals surface area (Å²) < 4.78 is 0. The van der Waals surface area contributed by atoms with Crippen molar-refractivity contribution in [2.24, 2.45) is 0 Å². The lowest BCUT2D eigenvalue weighted by Gasteiger charge is -2.22. The first kappa shape index (κ1) is 30.0. The topological polar surface area (TPSA) is 12.9 Å². The fraction of sp³-hybridized carbons (Fsp3) is 0. The van der Waals surface area contributed by atoms with Gasteiger partial charge in [0.15, 0.2) is 0 Å². The van der Waals surface area contributed by atoms with Crippen LogP contribution in [-0.2, 0) is 0 Å². The van der Waals surface area contributed by atoms with Gasteiger partial charge < -0.3 is 0 Å². The Bertz CT molecular complexity index is 2940. The Labute approximate surface area is 303 Å². The lowest BCUT2D eigenvalue weighted by Crippen LogP contribution is -1.95. The zero-order valence-electron chi connectivity index (χ0n) is 28.5. The van der Waals surface area contributed by atoms with Crippen LogP contribution in [0.25, 0.3) is 99.0 Å². The number of benzene rings is 9. The SMILES string of the molecule is c1ccc(-c2ccccc2-c2c3ccccc3c(-c3ccccc3-c3ccccc3)c3cc(-c4nc5ccccc5c5ccccc45)ccc23)cc1. The molecule has 10 aromatic rings. The highest BCUT2D eigenvalue weighted by Crippen LogP contribution is 2.49. The maximum Gasteiger partial charge on any atom is 0.0788 e. The van der Waals surface area contributed by atoms with Gasteiger partial charge in [-0.2, -0.15) is 0 Å². The molecule has 0 bridgehead atoms. The number of para-hydroxylation sites is 1. The van der Waals surface area contributed by atoms with Crippen LogP contribution in [0.2, 0.25) is 0 Å². The van der Waals surface area contributed by atoms with E-state index in [0.29, 0.717) is 0 Å². The number of fused-ring (bicyclic) bond motifs is 5. The minimum atomic E-state index is 0.998. The van der Waals surface area contributed by atoms with Crippen LogP contribution in [0.3, 0.4) is 0 Å². The van der Waals surface area contributed by atoms with Crippen molar-refractivity contribution in [2.45, 2.75) is 0 Å². The van der Waals surface area contributed by atoms with Gasteiger partial charge >= 0.3 is 0 Å². The first-order chi connectivity index (χ1) is 25.8. The van der Waals surface area contributed by atoms with Crippen molar-refractivity contribution < 1.29 is 0 Å². The maximum atomic E-state index is 5.34. The van der Waals surface area contributed by atoms with Crippen LogP contribution >= 0.6 is 0 Å². The van der Waals surface area contributed by atoms with Gasteiger partial charge in [0, 0.05) is 16.3 Å². The molecule has 0 amide bonds. The van der Waals surface area contributed by atoms with Crippen molar-refractivity contribution in [2.75, 3.05) is 0 Å². The Morgan fingerprint density at radius 1 is 0.250 bits per heavy atom. The first-order valence-corrected chi connectivity index (χ1v) is 17.9. The Morgan fingerprint density at radius 3 is 1.27 bits per heavy atom. The molecule has 9 aromatic carbocycles. The molecule has 0 atom stereocenters. The standard InChI is InChI=1S/C51H33N/c1-3-17-34(18-4-1)37-21-7-10-25-41(37)49-43-27-12-13-28-44(43)50(42-26-11-8-22-38(42)35-19-5-2-6-20-35)47-33-36(31-32-45(47)49)51-46-29-14-9-23-39(46)40-24-15-16-30-48(40)52-51/h1-33H. The summed E-state index contributed by atoms with van der Waals surface area (Å²) in [4.78, 5) is 5.34. The Morgan fingerprint density at radius 2 is 0.673 bits per heavy atom. The number of rotatable bonds is 5. The first-order valence-electron chi connectivity index (χ1n) is 17.9. The lowest BCUT2D eigenvalue weighted by molar-refractivity contribution is 1.43. The van der Waals surface area contributed by atoms with Crippen LogP contribution in [0.15, 0.2) is 200 Å². The molecule has 0 saturated carbocycles. The fourth-order valence-electron chi connectivity index (χ4n) is 8.17. The molecule has 10 rings (SSSR count). The maximum absolute atomic E-state index is 5.34.